The van der Waals surface area contributed by atoms with Crippen LogP contribution in [0.2, 0.25) is 0 Å². The number of piperazine rings is 1. The molecule has 1 heterocycles. The lowest BCUT2D eigenvalue weighted by Crippen LogP contribution is -2.55. The van der Waals surface area contributed by atoms with Gasteiger partial charge in [-0.3, -0.25) is 9.69 Å². The molecule has 0 aliphatic carbocycles. The molecule has 1 aliphatic rings. The Morgan fingerprint density at radius 3 is 2.84 bits per heavy atom. The Labute approximate surface area is 113 Å². The molecule has 19 heavy (non-hydrogen) atoms. The van der Waals surface area contributed by atoms with Crippen molar-refractivity contribution in [3.63, 3.8) is 0 Å². The van der Waals surface area contributed by atoms with Crippen LogP contribution in [0.4, 0.5) is 0 Å². The number of hydrogen-bond donors (Lipinski definition) is 1. The maximum absolute atomic E-state index is 12.5. The summed E-state index contributed by atoms with van der Waals surface area (Å²) in [5.74, 6) is 0.639. The van der Waals surface area contributed by atoms with Crippen LogP contribution in [0.5, 0.6) is 5.75 Å². The number of carbonyl (C=O) groups excluding carboxylic acids is 1. The lowest BCUT2D eigenvalue weighted by atomic mass is 10.1. The molecule has 0 aromatic heterocycles. The smallest absolute Gasteiger partial charge is 0.257 e. The molecular weight excluding hydrogens is 242 g/mol. The number of ether oxygens (including phenoxy) is 1. The molecule has 0 spiro atoms. The van der Waals surface area contributed by atoms with E-state index in [0.29, 0.717) is 24.4 Å². The van der Waals surface area contributed by atoms with Crippen molar-refractivity contribution in [2.75, 3.05) is 40.3 Å². The van der Waals surface area contributed by atoms with E-state index in [2.05, 4.69) is 4.90 Å². The second-order valence-electron chi connectivity index (χ2n) is 4.82. The molecule has 1 fully saturated rings. The van der Waals surface area contributed by atoms with Gasteiger partial charge in [0.2, 0.25) is 0 Å². The van der Waals surface area contributed by atoms with E-state index in [1.54, 1.807) is 13.2 Å². The van der Waals surface area contributed by atoms with Crippen molar-refractivity contribution in [2.24, 2.45) is 5.73 Å². The van der Waals surface area contributed by atoms with E-state index in [-0.39, 0.29) is 11.9 Å². The van der Waals surface area contributed by atoms with Gasteiger partial charge in [-0.05, 0) is 19.2 Å². The fraction of sp³-hybridized carbons (Fsp3) is 0.500. The van der Waals surface area contributed by atoms with E-state index in [4.69, 9.17) is 10.5 Å². The van der Waals surface area contributed by atoms with Gasteiger partial charge in [0.15, 0.2) is 0 Å². The van der Waals surface area contributed by atoms with Gasteiger partial charge in [0.25, 0.3) is 5.91 Å². The Balaban J connectivity index is 2.15. The quantitative estimate of drug-likeness (QED) is 0.858. The monoisotopic (exact) mass is 263 g/mol. The molecule has 104 valence electrons. The standard InChI is InChI=1S/C14H21N3O2/c1-16-7-8-17(10-11(16)9-15)14(18)12-5-3-4-6-13(12)19-2/h3-6,11H,7-10,15H2,1-2H3. The third-order valence-corrected chi connectivity index (χ3v) is 3.67. The first kappa shape index (κ1) is 13.8. The fourth-order valence-corrected chi connectivity index (χ4v) is 2.38. The van der Waals surface area contributed by atoms with Crippen molar-refractivity contribution in [1.82, 2.24) is 9.80 Å². The zero-order valence-corrected chi connectivity index (χ0v) is 11.5. The van der Waals surface area contributed by atoms with E-state index in [1.165, 1.54) is 0 Å². The molecular formula is C14H21N3O2. The lowest BCUT2D eigenvalue weighted by Gasteiger charge is -2.39. The van der Waals surface area contributed by atoms with Crippen molar-refractivity contribution < 1.29 is 9.53 Å². The maximum Gasteiger partial charge on any atom is 0.257 e. The normalized spacial score (nSPS) is 20.4. The fourth-order valence-electron chi connectivity index (χ4n) is 2.38. The SMILES string of the molecule is COc1ccccc1C(=O)N1CCN(C)C(CN)C1. The van der Waals surface area contributed by atoms with Crippen LogP contribution in [0.25, 0.3) is 0 Å². The van der Waals surface area contributed by atoms with Crippen LogP contribution < -0.4 is 10.5 Å². The number of likely N-dealkylation sites (N-methyl/N-ethyl adjacent to an activating group) is 1. The van der Waals surface area contributed by atoms with Crippen LogP contribution in [-0.4, -0.2) is 62.1 Å². The second kappa shape index (κ2) is 6.04. The van der Waals surface area contributed by atoms with Crippen molar-refractivity contribution >= 4 is 5.91 Å². The van der Waals surface area contributed by atoms with E-state index in [1.807, 2.05) is 30.1 Å². The number of carbonyl (C=O) groups is 1. The molecule has 1 aromatic carbocycles. The molecule has 0 bridgehead atoms. The topological polar surface area (TPSA) is 58.8 Å². The minimum Gasteiger partial charge on any atom is -0.496 e. The maximum atomic E-state index is 12.5. The first-order chi connectivity index (χ1) is 9.17. The molecule has 5 heteroatoms. The zero-order valence-electron chi connectivity index (χ0n) is 11.5. The third-order valence-electron chi connectivity index (χ3n) is 3.67. The number of benzene rings is 1. The van der Waals surface area contributed by atoms with E-state index in [0.717, 1.165) is 13.1 Å². The molecule has 1 aliphatic heterocycles. The van der Waals surface area contributed by atoms with Crippen LogP contribution in [0.15, 0.2) is 24.3 Å². The largest absolute Gasteiger partial charge is 0.496 e. The molecule has 1 aromatic rings. The number of rotatable bonds is 3. The van der Waals surface area contributed by atoms with Crippen LogP contribution in [0.3, 0.4) is 0 Å². The van der Waals surface area contributed by atoms with Gasteiger partial charge in [-0.25, -0.2) is 0 Å². The molecule has 1 amide bonds. The highest BCUT2D eigenvalue weighted by Gasteiger charge is 2.28. The highest BCUT2D eigenvalue weighted by Crippen LogP contribution is 2.20. The summed E-state index contributed by atoms with van der Waals surface area (Å²) in [6, 6.07) is 7.56. The Kier molecular flexibility index (Phi) is 4.39. The predicted octanol–water partition coefficient (Wildman–Crippen LogP) is 0.410. The first-order valence-electron chi connectivity index (χ1n) is 6.50. The summed E-state index contributed by atoms with van der Waals surface area (Å²) in [5.41, 5.74) is 6.36. The Hall–Kier alpha value is -1.59. The average molecular weight is 263 g/mol. The summed E-state index contributed by atoms with van der Waals surface area (Å²) < 4.78 is 5.25. The van der Waals surface area contributed by atoms with E-state index >= 15 is 0 Å². The first-order valence-corrected chi connectivity index (χ1v) is 6.50. The molecule has 2 N–H and O–H groups in total. The predicted molar refractivity (Wildman–Crippen MR) is 74.4 cm³/mol. The number of nitrogens with zero attached hydrogens (tertiary/aromatic N) is 2. The molecule has 0 radical (unpaired) electrons. The molecule has 2 rings (SSSR count). The second-order valence-corrected chi connectivity index (χ2v) is 4.82. The molecule has 1 saturated heterocycles. The summed E-state index contributed by atoms with van der Waals surface area (Å²) in [6.07, 6.45) is 0. The van der Waals surface area contributed by atoms with Crippen LogP contribution in [-0.2, 0) is 0 Å². The number of methoxy groups -OCH3 is 1. The summed E-state index contributed by atoms with van der Waals surface area (Å²) in [4.78, 5) is 16.6. The van der Waals surface area contributed by atoms with Crippen molar-refractivity contribution in [3.05, 3.63) is 29.8 Å². The van der Waals surface area contributed by atoms with Gasteiger partial charge in [0.1, 0.15) is 5.75 Å². The summed E-state index contributed by atoms with van der Waals surface area (Å²) in [5, 5.41) is 0. The van der Waals surface area contributed by atoms with Gasteiger partial charge < -0.3 is 15.4 Å². The summed E-state index contributed by atoms with van der Waals surface area (Å²) in [7, 11) is 3.63. The van der Waals surface area contributed by atoms with Crippen LogP contribution >= 0.6 is 0 Å². The van der Waals surface area contributed by atoms with Gasteiger partial charge in [-0.2, -0.15) is 0 Å². The van der Waals surface area contributed by atoms with Crippen molar-refractivity contribution in [2.45, 2.75) is 6.04 Å². The third kappa shape index (κ3) is 2.88. The highest BCUT2D eigenvalue weighted by molar-refractivity contribution is 5.97. The number of nitrogens with two attached hydrogens (primary N) is 1. The van der Waals surface area contributed by atoms with Gasteiger partial charge in [0, 0.05) is 32.2 Å². The Morgan fingerprint density at radius 1 is 1.42 bits per heavy atom. The van der Waals surface area contributed by atoms with Gasteiger partial charge in [-0.1, -0.05) is 12.1 Å². The lowest BCUT2D eigenvalue weighted by molar-refractivity contribution is 0.0557. The molecule has 1 unspecified atom stereocenters. The van der Waals surface area contributed by atoms with E-state index < -0.39 is 0 Å². The van der Waals surface area contributed by atoms with E-state index in [9.17, 15) is 4.79 Å². The van der Waals surface area contributed by atoms with Crippen molar-refractivity contribution in [3.8, 4) is 5.75 Å². The summed E-state index contributed by atoms with van der Waals surface area (Å²) >= 11 is 0. The zero-order chi connectivity index (χ0) is 13.8. The van der Waals surface area contributed by atoms with Crippen LogP contribution in [0, 0.1) is 0 Å². The van der Waals surface area contributed by atoms with Gasteiger partial charge in [0.05, 0.1) is 12.7 Å². The number of amides is 1. The Bertz CT molecular complexity index is 450. The molecule has 0 saturated carbocycles. The minimum absolute atomic E-state index is 0.0176. The Morgan fingerprint density at radius 2 is 2.16 bits per heavy atom. The summed E-state index contributed by atoms with van der Waals surface area (Å²) in [6.45, 7) is 2.81. The minimum atomic E-state index is 0.0176. The number of para-hydroxylation sites is 1. The van der Waals surface area contributed by atoms with Crippen molar-refractivity contribution in [1.29, 1.82) is 0 Å². The average Bonchev–Trinajstić information content (AvgIpc) is 2.47. The number of hydrogen-bond acceptors (Lipinski definition) is 4. The van der Waals surface area contributed by atoms with Gasteiger partial charge in [-0.15, -0.1) is 0 Å². The molecule has 5 nitrogen and oxygen atoms in total. The van der Waals surface area contributed by atoms with Gasteiger partial charge >= 0.3 is 0 Å². The highest BCUT2D eigenvalue weighted by atomic mass is 16.5. The molecule has 1 atom stereocenters. The van der Waals surface area contributed by atoms with Crippen LogP contribution in [0.1, 0.15) is 10.4 Å².